The van der Waals surface area contributed by atoms with Crippen molar-refractivity contribution in [1.82, 2.24) is 9.13 Å². The molecular formula is C18H22N2O3. The molecule has 1 saturated carbocycles. The van der Waals surface area contributed by atoms with Gasteiger partial charge >= 0.3 is 5.69 Å². The summed E-state index contributed by atoms with van der Waals surface area (Å²) in [6.07, 6.45) is 5.60. The average molecular weight is 314 g/mol. The molecule has 23 heavy (non-hydrogen) atoms. The first-order chi connectivity index (χ1) is 11.2. The Morgan fingerprint density at radius 1 is 1.04 bits per heavy atom. The van der Waals surface area contributed by atoms with E-state index in [-0.39, 0.29) is 11.9 Å². The van der Waals surface area contributed by atoms with Gasteiger partial charge in [-0.3, -0.25) is 13.9 Å². The topological polar surface area (TPSA) is 64.2 Å². The molecule has 1 N–H and O–H groups in total. The van der Waals surface area contributed by atoms with Crippen LogP contribution in [0.15, 0.2) is 46.0 Å². The Bertz CT molecular complexity index is 771. The van der Waals surface area contributed by atoms with Crippen molar-refractivity contribution in [3.63, 3.8) is 0 Å². The van der Waals surface area contributed by atoms with Gasteiger partial charge in [0.1, 0.15) is 0 Å². The number of benzene rings is 1. The van der Waals surface area contributed by atoms with Crippen molar-refractivity contribution in [1.29, 1.82) is 0 Å². The molecule has 122 valence electrons. The molecule has 0 amide bonds. The van der Waals surface area contributed by atoms with E-state index in [1.807, 2.05) is 30.3 Å². The standard InChI is InChI=1S/C18H22N2O3/c21-16-13-17(22)20(15-9-5-2-6-10-15)18(23)19(16)12-11-14-7-3-1-4-8-14/h1,3-4,7-8,13,15,21H,2,5-6,9-12H2. The maximum Gasteiger partial charge on any atom is 0.334 e. The third kappa shape index (κ3) is 3.38. The second kappa shape index (κ2) is 6.86. The zero-order valence-corrected chi connectivity index (χ0v) is 13.1. The minimum absolute atomic E-state index is 0.0349. The van der Waals surface area contributed by atoms with Gasteiger partial charge < -0.3 is 5.11 Å². The van der Waals surface area contributed by atoms with Crippen molar-refractivity contribution in [3.8, 4) is 5.88 Å². The van der Waals surface area contributed by atoms with Crippen LogP contribution in [-0.4, -0.2) is 14.2 Å². The lowest BCUT2D eigenvalue weighted by atomic mass is 9.95. The van der Waals surface area contributed by atoms with Gasteiger partial charge in [-0.2, -0.15) is 0 Å². The third-order valence-electron chi connectivity index (χ3n) is 4.61. The van der Waals surface area contributed by atoms with Crippen molar-refractivity contribution >= 4 is 0 Å². The minimum Gasteiger partial charge on any atom is -0.494 e. The van der Waals surface area contributed by atoms with E-state index < -0.39 is 11.2 Å². The van der Waals surface area contributed by atoms with Crippen LogP contribution in [0.2, 0.25) is 0 Å². The summed E-state index contributed by atoms with van der Waals surface area (Å²) in [5, 5.41) is 10.0. The first-order valence-corrected chi connectivity index (χ1v) is 8.26. The average Bonchev–Trinajstić information content (AvgIpc) is 2.56. The quantitative estimate of drug-likeness (QED) is 0.943. The van der Waals surface area contributed by atoms with E-state index in [2.05, 4.69) is 0 Å². The van der Waals surface area contributed by atoms with Crippen molar-refractivity contribution in [2.75, 3.05) is 0 Å². The van der Waals surface area contributed by atoms with E-state index in [0.29, 0.717) is 13.0 Å². The number of hydrogen-bond acceptors (Lipinski definition) is 3. The molecule has 5 nitrogen and oxygen atoms in total. The molecule has 0 atom stereocenters. The summed E-state index contributed by atoms with van der Waals surface area (Å²) >= 11 is 0. The molecule has 1 aromatic heterocycles. The number of aryl methyl sites for hydroxylation is 1. The van der Waals surface area contributed by atoms with Gasteiger partial charge in [0.2, 0.25) is 5.88 Å². The first kappa shape index (κ1) is 15.6. The highest BCUT2D eigenvalue weighted by Gasteiger charge is 2.21. The third-order valence-corrected chi connectivity index (χ3v) is 4.61. The van der Waals surface area contributed by atoms with Gasteiger partial charge in [-0.15, -0.1) is 0 Å². The number of nitrogens with zero attached hydrogens (tertiary/aromatic N) is 2. The largest absolute Gasteiger partial charge is 0.494 e. The van der Waals surface area contributed by atoms with Crippen LogP contribution in [0.5, 0.6) is 5.88 Å². The number of rotatable bonds is 4. The number of aromatic nitrogens is 2. The molecule has 1 fully saturated rings. The van der Waals surface area contributed by atoms with Gasteiger partial charge in [0.05, 0.1) is 6.07 Å². The van der Waals surface area contributed by atoms with Crippen molar-refractivity contribution in [2.24, 2.45) is 0 Å². The lowest BCUT2D eigenvalue weighted by Gasteiger charge is -2.24. The summed E-state index contributed by atoms with van der Waals surface area (Å²) in [6, 6.07) is 10.9. The lowest BCUT2D eigenvalue weighted by molar-refractivity contribution is 0.316. The van der Waals surface area contributed by atoms with E-state index in [0.717, 1.165) is 37.7 Å². The fourth-order valence-electron chi connectivity index (χ4n) is 3.35. The monoisotopic (exact) mass is 314 g/mol. The summed E-state index contributed by atoms with van der Waals surface area (Å²) in [6.45, 7) is 0.363. The predicted molar refractivity (Wildman–Crippen MR) is 88.9 cm³/mol. The van der Waals surface area contributed by atoms with Crippen molar-refractivity contribution in [3.05, 3.63) is 62.8 Å². The number of aromatic hydroxyl groups is 1. The van der Waals surface area contributed by atoms with Crippen LogP contribution < -0.4 is 11.2 Å². The molecule has 1 aromatic carbocycles. The van der Waals surface area contributed by atoms with E-state index in [4.69, 9.17) is 0 Å². The van der Waals surface area contributed by atoms with Crippen LogP contribution in [0.3, 0.4) is 0 Å². The van der Waals surface area contributed by atoms with Crippen LogP contribution in [0.1, 0.15) is 43.7 Å². The normalized spacial score (nSPS) is 15.7. The van der Waals surface area contributed by atoms with Crippen LogP contribution in [-0.2, 0) is 13.0 Å². The van der Waals surface area contributed by atoms with Gasteiger partial charge in [-0.25, -0.2) is 4.79 Å². The number of hydrogen-bond donors (Lipinski definition) is 1. The van der Waals surface area contributed by atoms with E-state index in [1.165, 1.54) is 15.2 Å². The lowest BCUT2D eigenvalue weighted by Crippen LogP contribution is -2.42. The van der Waals surface area contributed by atoms with Gasteiger partial charge in [0.25, 0.3) is 5.56 Å². The summed E-state index contributed by atoms with van der Waals surface area (Å²) in [5.41, 5.74) is 0.308. The summed E-state index contributed by atoms with van der Waals surface area (Å²) in [4.78, 5) is 24.9. The Morgan fingerprint density at radius 2 is 1.74 bits per heavy atom. The Morgan fingerprint density at radius 3 is 2.43 bits per heavy atom. The highest BCUT2D eigenvalue weighted by atomic mass is 16.3. The van der Waals surface area contributed by atoms with Crippen LogP contribution >= 0.6 is 0 Å². The molecule has 0 aliphatic heterocycles. The van der Waals surface area contributed by atoms with Gasteiger partial charge in [-0.1, -0.05) is 49.6 Å². The van der Waals surface area contributed by atoms with Crippen molar-refractivity contribution in [2.45, 2.75) is 51.1 Å². The molecule has 0 unspecified atom stereocenters. The Labute approximate surface area is 134 Å². The molecule has 1 heterocycles. The predicted octanol–water partition coefficient (Wildman–Crippen LogP) is 2.46. The second-order valence-corrected chi connectivity index (χ2v) is 6.17. The second-order valence-electron chi connectivity index (χ2n) is 6.17. The van der Waals surface area contributed by atoms with Crippen molar-refractivity contribution < 1.29 is 5.11 Å². The summed E-state index contributed by atoms with van der Waals surface area (Å²) < 4.78 is 2.65. The smallest absolute Gasteiger partial charge is 0.334 e. The first-order valence-electron chi connectivity index (χ1n) is 8.26. The molecule has 2 aromatic rings. The minimum atomic E-state index is -0.393. The Balaban J connectivity index is 1.90. The fraction of sp³-hybridized carbons (Fsp3) is 0.444. The zero-order chi connectivity index (χ0) is 16.2. The molecule has 5 heteroatoms. The molecule has 0 bridgehead atoms. The molecule has 0 spiro atoms. The van der Waals surface area contributed by atoms with Gasteiger partial charge in [0, 0.05) is 12.6 Å². The molecule has 1 aliphatic rings. The summed E-state index contributed by atoms with van der Waals surface area (Å²) in [5.74, 6) is -0.247. The maximum atomic E-state index is 12.7. The van der Waals surface area contributed by atoms with Crippen LogP contribution in [0.4, 0.5) is 0 Å². The van der Waals surface area contributed by atoms with Crippen LogP contribution in [0, 0.1) is 0 Å². The Kier molecular flexibility index (Phi) is 4.65. The zero-order valence-electron chi connectivity index (χ0n) is 13.1. The van der Waals surface area contributed by atoms with E-state index >= 15 is 0 Å². The highest BCUT2D eigenvalue weighted by Crippen LogP contribution is 2.26. The summed E-state index contributed by atoms with van der Waals surface area (Å²) in [7, 11) is 0. The molecule has 3 rings (SSSR count). The molecule has 0 saturated heterocycles. The van der Waals surface area contributed by atoms with Gasteiger partial charge in [-0.05, 0) is 24.8 Å². The molecule has 1 aliphatic carbocycles. The SMILES string of the molecule is O=c1cc(O)n(CCc2ccccc2)c(=O)n1C1CCCCC1. The maximum absolute atomic E-state index is 12.7. The van der Waals surface area contributed by atoms with E-state index in [1.54, 1.807) is 0 Å². The Hall–Kier alpha value is -2.30. The van der Waals surface area contributed by atoms with Gasteiger partial charge in [0.15, 0.2) is 0 Å². The molecule has 0 radical (unpaired) electrons. The highest BCUT2D eigenvalue weighted by molar-refractivity contribution is 5.15. The fourth-order valence-corrected chi connectivity index (χ4v) is 3.35. The molecular weight excluding hydrogens is 292 g/mol. The van der Waals surface area contributed by atoms with Crippen LogP contribution in [0.25, 0.3) is 0 Å². The van der Waals surface area contributed by atoms with E-state index in [9.17, 15) is 14.7 Å².